The molecule has 1 saturated heterocycles. The van der Waals surface area contributed by atoms with Gasteiger partial charge in [-0.3, -0.25) is 0 Å². The van der Waals surface area contributed by atoms with Crippen LogP contribution in [0.3, 0.4) is 0 Å². The van der Waals surface area contributed by atoms with E-state index in [1.165, 1.54) is 12.8 Å². The van der Waals surface area contributed by atoms with Gasteiger partial charge in [0, 0.05) is 10.6 Å². The van der Waals surface area contributed by atoms with Crippen molar-refractivity contribution in [3.63, 3.8) is 0 Å². The maximum absolute atomic E-state index is 10.2. The lowest BCUT2D eigenvalue weighted by Gasteiger charge is -2.24. The summed E-state index contributed by atoms with van der Waals surface area (Å²) in [6, 6.07) is 1.97. The van der Waals surface area contributed by atoms with Gasteiger partial charge < -0.3 is 10.4 Å². The molecule has 0 bridgehead atoms. The predicted octanol–water partition coefficient (Wildman–Crippen LogP) is 3.20. The van der Waals surface area contributed by atoms with Crippen molar-refractivity contribution in [3.05, 3.63) is 27.8 Å². The van der Waals surface area contributed by atoms with Crippen LogP contribution in [0.25, 0.3) is 0 Å². The standard InChI is InChI=1S/C14H20ClNO/c1-9-7-13(15)10(2)14(17)12(9)8-11-3-5-16-6-4-11/h7,11,16-17H,3-6,8H2,1-2H3. The topological polar surface area (TPSA) is 32.3 Å². The fourth-order valence-corrected chi connectivity index (χ4v) is 2.80. The number of halogens is 1. The Balaban J connectivity index is 2.22. The molecule has 1 heterocycles. The number of aryl methyl sites for hydroxylation is 1. The van der Waals surface area contributed by atoms with Crippen LogP contribution in [0.15, 0.2) is 6.07 Å². The van der Waals surface area contributed by atoms with E-state index >= 15 is 0 Å². The Morgan fingerprint density at radius 2 is 2.00 bits per heavy atom. The normalized spacial score (nSPS) is 17.4. The van der Waals surface area contributed by atoms with Gasteiger partial charge in [0.1, 0.15) is 5.75 Å². The van der Waals surface area contributed by atoms with Gasteiger partial charge in [-0.1, -0.05) is 11.6 Å². The highest BCUT2D eigenvalue weighted by molar-refractivity contribution is 6.31. The first-order valence-electron chi connectivity index (χ1n) is 6.28. The van der Waals surface area contributed by atoms with Gasteiger partial charge in [-0.2, -0.15) is 0 Å². The quantitative estimate of drug-likeness (QED) is 0.848. The van der Waals surface area contributed by atoms with Crippen molar-refractivity contribution in [1.29, 1.82) is 0 Å². The van der Waals surface area contributed by atoms with E-state index in [0.717, 1.165) is 36.2 Å². The van der Waals surface area contributed by atoms with Crippen LogP contribution in [0.2, 0.25) is 5.02 Å². The van der Waals surface area contributed by atoms with Crippen LogP contribution in [0, 0.1) is 19.8 Å². The molecule has 2 N–H and O–H groups in total. The summed E-state index contributed by atoms with van der Waals surface area (Å²) >= 11 is 6.06. The zero-order valence-corrected chi connectivity index (χ0v) is 11.3. The van der Waals surface area contributed by atoms with Crippen molar-refractivity contribution >= 4 is 11.6 Å². The minimum Gasteiger partial charge on any atom is -0.507 e. The second-order valence-electron chi connectivity index (χ2n) is 5.02. The molecule has 0 atom stereocenters. The molecule has 1 aromatic carbocycles. The SMILES string of the molecule is Cc1cc(Cl)c(C)c(O)c1CC1CCNCC1. The minimum atomic E-state index is 0.397. The Labute approximate surface area is 108 Å². The number of hydrogen-bond donors (Lipinski definition) is 2. The van der Waals surface area contributed by atoms with Crippen LogP contribution in [-0.4, -0.2) is 18.2 Å². The molecule has 1 aromatic rings. The van der Waals surface area contributed by atoms with Crippen molar-refractivity contribution in [2.75, 3.05) is 13.1 Å². The maximum Gasteiger partial charge on any atom is 0.123 e. The van der Waals surface area contributed by atoms with Gasteiger partial charge >= 0.3 is 0 Å². The third-order valence-electron chi connectivity index (χ3n) is 3.77. The Bertz CT molecular complexity index is 411. The number of rotatable bonds is 2. The molecule has 2 nitrogen and oxygen atoms in total. The second kappa shape index (κ2) is 5.28. The lowest BCUT2D eigenvalue weighted by atomic mass is 9.88. The van der Waals surface area contributed by atoms with Crippen molar-refractivity contribution in [2.45, 2.75) is 33.1 Å². The van der Waals surface area contributed by atoms with Crippen molar-refractivity contribution < 1.29 is 5.11 Å². The highest BCUT2D eigenvalue weighted by Gasteiger charge is 2.18. The third kappa shape index (κ3) is 2.75. The Morgan fingerprint density at radius 3 is 2.65 bits per heavy atom. The van der Waals surface area contributed by atoms with E-state index in [4.69, 9.17) is 11.6 Å². The summed E-state index contributed by atoms with van der Waals surface area (Å²) in [5, 5.41) is 14.2. The van der Waals surface area contributed by atoms with E-state index in [2.05, 4.69) is 5.32 Å². The summed E-state index contributed by atoms with van der Waals surface area (Å²) in [7, 11) is 0. The molecule has 1 fully saturated rings. The summed E-state index contributed by atoms with van der Waals surface area (Å²) < 4.78 is 0. The van der Waals surface area contributed by atoms with Crippen LogP contribution in [0.4, 0.5) is 0 Å². The van der Waals surface area contributed by atoms with Gasteiger partial charge in [0.2, 0.25) is 0 Å². The molecule has 0 saturated carbocycles. The number of hydrogen-bond acceptors (Lipinski definition) is 2. The maximum atomic E-state index is 10.2. The monoisotopic (exact) mass is 253 g/mol. The summed E-state index contributed by atoms with van der Waals surface area (Å²) in [5.74, 6) is 1.08. The fourth-order valence-electron chi connectivity index (χ4n) is 2.54. The molecule has 94 valence electrons. The molecule has 2 rings (SSSR count). The van der Waals surface area contributed by atoms with E-state index in [9.17, 15) is 5.11 Å². The molecular formula is C14H20ClNO. The van der Waals surface area contributed by atoms with Gasteiger partial charge in [0.05, 0.1) is 0 Å². The molecule has 0 radical (unpaired) electrons. The van der Waals surface area contributed by atoms with Gasteiger partial charge in [-0.15, -0.1) is 0 Å². The van der Waals surface area contributed by atoms with E-state index in [1.54, 1.807) is 0 Å². The van der Waals surface area contributed by atoms with Crippen LogP contribution < -0.4 is 5.32 Å². The number of benzene rings is 1. The lowest BCUT2D eigenvalue weighted by Crippen LogP contribution is -2.28. The molecule has 0 amide bonds. The van der Waals surface area contributed by atoms with Crippen LogP contribution in [0.5, 0.6) is 5.75 Å². The average Bonchev–Trinajstić information content (AvgIpc) is 2.33. The molecule has 17 heavy (non-hydrogen) atoms. The zero-order valence-electron chi connectivity index (χ0n) is 10.5. The minimum absolute atomic E-state index is 0.397. The van der Waals surface area contributed by atoms with Crippen molar-refractivity contribution in [3.8, 4) is 5.75 Å². The van der Waals surface area contributed by atoms with E-state index in [0.29, 0.717) is 16.7 Å². The third-order valence-corrected chi connectivity index (χ3v) is 4.16. The van der Waals surface area contributed by atoms with Gasteiger partial charge in [0.15, 0.2) is 0 Å². The van der Waals surface area contributed by atoms with Gasteiger partial charge in [0.25, 0.3) is 0 Å². The molecule has 1 aliphatic rings. The molecule has 3 heteroatoms. The first-order valence-corrected chi connectivity index (χ1v) is 6.65. The predicted molar refractivity (Wildman–Crippen MR) is 71.9 cm³/mol. The van der Waals surface area contributed by atoms with Gasteiger partial charge in [-0.25, -0.2) is 0 Å². The lowest BCUT2D eigenvalue weighted by molar-refractivity contribution is 0.365. The van der Waals surface area contributed by atoms with Crippen LogP contribution >= 0.6 is 11.6 Å². The van der Waals surface area contributed by atoms with Crippen LogP contribution in [0.1, 0.15) is 29.5 Å². The Hall–Kier alpha value is -0.730. The molecule has 0 aliphatic carbocycles. The molecule has 0 spiro atoms. The van der Waals surface area contributed by atoms with E-state index in [-0.39, 0.29) is 0 Å². The summed E-state index contributed by atoms with van der Waals surface area (Å²) in [4.78, 5) is 0. The first kappa shape index (κ1) is 12.7. The summed E-state index contributed by atoms with van der Waals surface area (Å²) in [6.07, 6.45) is 3.36. The molecule has 0 aromatic heterocycles. The number of nitrogens with one attached hydrogen (secondary N) is 1. The van der Waals surface area contributed by atoms with E-state index < -0.39 is 0 Å². The van der Waals surface area contributed by atoms with Gasteiger partial charge in [-0.05, 0) is 69.3 Å². The Morgan fingerprint density at radius 1 is 1.35 bits per heavy atom. The highest BCUT2D eigenvalue weighted by Crippen LogP contribution is 2.34. The molecule has 0 unspecified atom stereocenters. The number of piperidine rings is 1. The smallest absolute Gasteiger partial charge is 0.123 e. The fraction of sp³-hybridized carbons (Fsp3) is 0.571. The zero-order chi connectivity index (χ0) is 12.4. The van der Waals surface area contributed by atoms with Crippen molar-refractivity contribution in [2.24, 2.45) is 5.92 Å². The molecular weight excluding hydrogens is 234 g/mol. The number of aromatic hydroxyl groups is 1. The number of phenols is 1. The second-order valence-corrected chi connectivity index (χ2v) is 5.43. The summed E-state index contributed by atoms with van der Waals surface area (Å²) in [6.45, 7) is 6.10. The largest absolute Gasteiger partial charge is 0.507 e. The number of phenolic OH excluding ortho intramolecular Hbond substituents is 1. The van der Waals surface area contributed by atoms with E-state index in [1.807, 2.05) is 19.9 Å². The highest BCUT2D eigenvalue weighted by atomic mass is 35.5. The molecule has 1 aliphatic heterocycles. The van der Waals surface area contributed by atoms with Crippen LogP contribution in [-0.2, 0) is 6.42 Å². The first-order chi connectivity index (χ1) is 8.09. The van der Waals surface area contributed by atoms with Crippen molar-refractivity contribution in [1.82, 2.24) is 5.32 Å². The summed E-state index contributed by atoms with van der Waals surface area (Å²) in [5.41, 5.74) is 3.00. The Kier molecular flexibility index (Phi) is 3.95. The average molecular weight is 254 g/mol.